The van der Waals surface area contributed by atoms with Crippen LogP contribution in [0.25, 0.3) is 0 Å². The standard InChI is InChI=1S/C13H23NO4/c1-3-14-5-4-10(8-14)6-13-17-9-11(18-13)7-12(15)16-2/h10-11,13H,3-9H2,1-2H3. The average molecular weight is 257 g/mol. The number of carbonyl (C=O) groups excluding carboxylic acids is 1. The first-order chi connectivity index (χ1) is 8.71. The van der Waals surface area contributed by atoms with Gasteiger partial charge in [-0.1, -0.05) is 6.92 Å². The number of carbonyl (C=O) groups is 1. The Morgan fingerprint density at radius 3 is 3.00 bits per heavy atom. The molecule has 5 heteroatoms. The third-order valence-corrected chi connectivity index (χ3v) is 3.78. The molecule has 0 aromatic rings. The van der Waals surface area contributed by atoms with Crippen LogP contribution in [0.15, 0.2) is 0 Å². The van der Waals surface area contributed by atoms with Crippen molar-refractivity contribution in [1.29, 1.82) is 0 Å². The smallest absolute Gasteiger partial charge is 0.308 e. The number of methoxy groups -OCH3 is 1. The number of hydrogen-bond donors (Lipinski definition) is 0. The molecule has 2 saturated heterocycles. The molecule has 3 unspecified atom stereocenters. The van der Waals surface area contributed by atoms with Gasteiger partial charge in [-0.15, -0.1) is 0 Å². The molecule has 0 radical (unpaired) electrons. The second-order valence-corrected chi connectivity index (χ2v) is 5.08. The molecule has 2 heterocycles. The molecule has 0 saturated carbocycles. The third-order valence-electron chi connectivity index (χ3n) is 3.78. The van der Waals surface area contributed by atoms with E-state index in [9.17, 15) is 4.79 Å². The molecule has 0 amide bonds. The summed E-state index contributed by atoms with van der Waals surface area (Å²) < 4.78 is 15.9. The lowest BCUT2D eigenvalue weighted by molar-refractivity contribution is -0.144. The summed E-state index contributed by atoms with van der Waals surface area (Å²) in [6, 6.07) is 0. The minimum Gasteiger partial charge on any atom is -0.469 e. The van der Waals surface area contributed by atoms with Crippen LogP contribution in [0.3, 0.4) is 0 Å². The number of likely N-dealkylation sites (tertiary alicyclic amines) is 1. The summed E-state index contributed by atoms with van der Waals surface area (Å²) in [4.78, 5) is 13.6. The van der Waals surface area contributed by atoms with Crippen LogP contribution >= 0.6 is 0 Å². The molecular weight excluding hydrogens is 234 g/mol. The average Bonchev–Trinajstić information content (AvgIpc) is 2.99. The Morgan fingerprint density at radius 2 is 2.33 bits per heavy atom. The largest absolute Gasteiger partial charge is 0.469 e. The van der Waals surface area contributed by atoms with Crippen LogP contribution < -0.4 is 0 Å². The van der Waals surface area contributed by atoms with Gasteiger partial charge in [0.25, 0.3) is 0 Å². The van der Waals surface area contributed by atoms with Crippen LogP contribution in [0.1, 0.15) is 26.2 Å². The van der Waals surface area contributed by atoms with Crippen LogP contribution in [0.4, 0.5) is 0 Å². The van der Waals surface area contributed by atoms with E-state index in [1.807, 2.05) is 0 Å². The van der Waals surface area contributed by atoms with Crippen molar-refractivity contribution in [2.45, 2.75) is 38.6 Å². The summed E-state index contributed by atoms with van der Waals surface area (Å²) in [5, 5.41) is 0. The molecule has 0 spiro atoms. The number of hydrogen-bond acceptors (Lipinski definition) is 5. The molecule has 2 aliphatic heterocycles. The fraction of sp³-hybridized carbons (Fsp3) is 0.923. The van der Waals surface area contributed by atoms with E-state index < -0.39 is 0 Å². The maximum Gasteiger partial charge on any atom is 0.308 e. The molecule has 0 bridgehead atoms. The zero-order chi connectivity index (χ0) is 13.0. The van der Waals surface area contributed by atoms with Gasteiger partial charge in [0, 0.05) is 13.0 Å². The van der Waals surface area contributed by atoms with E-state index in [0.29, 0.717) is 18.9 Å². The maximum atomic E-state index is 11.1. The van der Waals surface area contributed by atoms with Gasteiger partial charge in [-0.05, 0) is 25.4 Å². The second kappa shape index (κ2) is 6.50. The van der Waals surface area contributed by atoms with E-state index in [1.54, 1.807) is 0 Å². The predicted octanol–water partition coefficient (Wildman–Crippen LogP) is 1.02. The minimum absolute atomic E-state index is 0.133. The molecule has 0 N–H and O–H groups in total. The highest BCUT2D eigenvalue weighted by atomic mass is 16.7. The number of rotatable bonds is 5. The fourth-order valence-electron chi connectivity index (χ4n) is 2.67. The first kappa shape index (κ1) is 13.8. The zero-order valence-corrected chi connectivity index (χ0v) is 11.3. The van der Waals surface area contributed by atoms with Crippen LogP contribution in [-0.2, 0) is 19.0 Å². The minimum atomic E-state index is -0.234. The summed E-state index contributed by atoms with van der Waals surface area (Å²) in [5.74, 6) is 0.425. The van der Waals surface area contributed by atoms with E-state index in [4.69, 9.17) is 9.47 Å². The third kappa shape index (κ3) is 3.67. The fourth-order valence-corrected chi connectivity index (χ4v) is 2.67. The van der Waals surface area contributed by atoms with Crippen molar-refractivity contribution in [3.05, 3.63) is 0 Å². The Balaban J connectivity index is 1.68. The molecule has 0 aromatic heterocycles. The van der Waals surface area contributed by atoms with Crippen molar-refractivity contribution in [3.8, 4) is 0 Å². The highest BCUT2D eigenvalue weighted by molar-refractivity contribution is 5.69. The van der Waals surface area contributed by atoms with E-state index in [-0.39, 0.29) is 18.4 Å². The van der Waals surface area contributed by atoms with Gasteiger partial charge in [0.05, 0.1) is 26.2 Å². The Labute approximate surface area is 108 Å². The first-order valence-corrected chi connectivity index (χ1v) is 6.77. The van der Waals surface area contributed by atoms with Crippen LogP contribution in [0, 0.1) is 5.92 Å². The van der Waals surface area contributed by atoms with Crippen molar-refractivity contribution < 1.29 is 19.0 Å². The van der Waals surface area contributed by atoms with E-state index in [1.165, 1.54) is 20.1 Å². The Bertz CT molecular complexity index is 284. The topological polar surface area (TPSA) is 48.0 Å². The summed E-state index contributed by atoms with van der Waals surface area (Å²) in [5.41, 5.74) is 0. The monoisotopic (exact) mass is 257 g/mol. The lowest BCUT2D eigenvalue weighted by atomic mass is 10.1. The first-order valence-electron chi connectivity index (χ1n) is 6.77. The van der Waals surface area contributed by atoms with Gasteiger partial charge in [0.2, 0.25) is 0 Å². The van der Waals surface area contributed by atoms with Gasteiger partial charge in [-0.2, -0.15) is 0 Å². The van der Waals surface area contributed by atoms with Crippen LogP contribution in [0.2, 0.25) is 0 Å². The Hall–Kier alpha value is -0.650. The summed E-state index contributed by atoms with van der Waals surface area (Å²) >= 11 is 0. The van der Waals surface area contributed by atoms with Gasteiger partial charge in [-0.25, -0.2) is 0 Å². The summed E-state index contributed by atoms with van der Waals surface area (Å²) in [7, 11) is 1.40. The lowest BCUT2D eigenvalue weighted by Crippen LogP contribution is -2.22. The SMILES string of the molecule is CCN1CCC(CC2OCC(CC(=O)OC)O2)C1. The quantitative estimate of drug-likeness (QED) is 0.688. The number of nitrogens with zero attached hydrogens (tertiary/aromatic N) is 1. The highest BCUT2D eigenvalue weighted by Gasteiger charge is 2.32. The normalized spacial score (nSPS) is 32.9. The Kier molecular flexibility index (Phi) is 4.97. The number of esters is 1. The maximum absolute atomic E-state index is 11.1. The van der Waals surface area contributed by atoms with E-state index >= 15 is 0 Å². The van der Waals surface area contributed by atoms with Gasteiger partial charge in [-0.3, -0.25) is 4.79 Å². The van der Waals surface area contributed by atoms with Crippen molar-refractivity contribution in [2.75, 3.05) is 33.4 Å². The number of ether oxygens (including phenoxy) is 3. The lowest BCUT2D eigenvalue weighted by Gasteiger charge is -2.16. The predicted molar refractivity (Wildman–Crippen MR) is 66.1 cm³/mol. The van der Waals surface area contributed by atoms with E-state index in [0.717, 1.165) is 19.5 Å². The van der Waals surface area contributed by atoms with E-state index in [2.05, 4.69) is 16.6 Å². The van der Waals surface area contributed by atoms with Crippen molar-refractivity contribution in [2.24, 2.45) is 5.92 Å². The molecule has 2 aliphatic rings. The molecule has 3 atom stereocenters. The zero-order valence-electron chi connectivity index (χ0n) is 11.3. The molecule has 0 aliphatic carbocycles. The van der Waals surface area contributed by atoms with Crippen molar-refractivity contribution in [1.82, 2.24) is 4.90 Å². The van der Waals surface area contributed by atoms with Gasteiger partial charge >= 0.3 is 5.97 Å². The van der Waals surface area contributed by atoms with Crippen LogP contribution in [0.5, 0.6) is 0 Å². The molecule has 0 aromatic carbocycles. The van der Waals surface area contributed by atoms with Gasteiger partial charge in [0.15, 0.2) is 6.29 Å². The van der Waals surface area contributed by atoms with Crippen molar-refractivity contribution >= 4 is 5.97 Å². The second-order valence-electron chi connectivity index (χ2n) is 5.08. The molecular formula is C13H23NO4. The molecule has 2 rings (SSSR count). The molecule has 5 nitrogen and oxygen atoms in total. The highest BCUT2D eigenvalue weighted by Crippen LogP contribution is 2.26. The van der Waals surface area contributed by atoms with Crippen molar-refractivity contribution in [3.63, 3.8) is 0 Å². The molecule has 18 heavy (non-hydrogen) atoms. The molecule has 2 fully saturated rings. The Morgan fingerprint density at radius 1 is 1.50 bits per heavy atom. The van der Waals surface area contributed by atoms with Crippen LogP contribution in [-0.4, -0.2) is 56.6 Å². The summed E-state index contributed by atoms with van der Waals surface area (Å²) in [6.07, 6.45) is 2.18. The summed E-state index contributed by atoms with van der Waals surface area (Å²) in [6.45, 7) is 6.13. The van der Waals surface area contributed by atoms with Gasteiger partial charge < -0.3 is 19.1 Å². The van der Waals surface area contributed by atoms with Gasteiger partial charge in [0.1, 0.15) is 0 Å². The molecule has 104 valence electrons.